The van der Waals surface area contributed by atoms with E-state index in [1.807, 2.05) is 53.7 Å². The molecule has 2 N–H and O–H groups in total. The van der Waals surface area contributed by atoms with E-state index < -0.39 is 0 Å². The quantitative estimate of drug-likeness (QED) is 0.604. The van der Waals surface area contributed by atoms with Crippen molar-refractivity contribution in [3.05, 3.63) is 83.9 Å². The Labute approximate surface area is 154 Å². The van der Waals surface area contributed by atoms with Crippen LogP contribution < -0.4 is 10.6 Å². The van der Waals surface area contributed by atoms with Gasteiger partial charge in [0.15, 0.2) is 0 Å². The molecule has 2 aromatic carbocycles. The minimum atomic E-state index is 0.684. The van der Waals surface area contributed by atoms with E-state index in [9.17, 15) is 0 Å². The molecule has 0 spiro atoms. The highest BCUT2D eigenvalue weighted by Gasteiger charge is 2.01. The van der Waals surface area contributed by atoms with Gasteiger partial charge in [-0.05, 0) is 25.0 Å². The van der Waals surface area contributed by atoms with Crippen LogP contribution in [0.5, 0.6) is 0 Å². The zero-order valence-electron chi connectivity index (χ0n) is 16.6. The van der Waals surface area contributed by atoms with Crippen LogP contribution in [-0.2, 0) is 0 Å². The maximum absolute atomic E-state index is 3.43. The van der Waals surface area contributed by atoms with Crippen LogP contribution in [-0.4, -0.2) is 6.67 Å². The summed E-state index contributed by atoms with van der Waals surface area (Å²) in [5, 5.41) is 6.86. The molecule has 0 aromatic heterocycles. The zero-order chi connectivity index (χ0) is 18.9. The van der Waals surface area contributed by atoms with E-state index in [4.69, 9.17) is 0 Å². The summed E-state index contributed by atoms with van der Waals surface area (Å²) in [4.78, 5) is 0. The number of rotatable bonds is 6. The van der Waals surface area contributed by atoms with Gasteiger partial charge in [0, 0.05) is 11.4 Å². The van der Waals surface area contributed by atoms with Gasteiger partial charge in [-0.25, -0.2) is 0 Å². The molecule has 0 unspecified atom stereocenters. The summed E-state index contributed by atoms with van der Waals surface area (Å²) in [6, 6.07) is 20.7. The predicted octanol–water partition coefficient (Wildman–Crippen LogP) is 6.30. The molecule has 2 aromatic rings. The number of allylic oxidation sites excluding steroid dienone is 2. The average molecular weight is 339 g/mol. The second-order valence-corrected chi connectivity index (χ2v) is 4.67. The lowest BCUT2D eigenvalue weighted by atomic mass is 10.1. The maximum atomic E-state index is 3.43. The van der Waals surface area contributed by atoms with Gasteiger partial charge in [0.2, 0.25) is 0 Å². The van der Waals surface area contributed by atoms with Crippen molar-refractivity contribution in [1.29, 1.82) is 0 Å². The molecule has 0 aliphatic carbocycles. The van der Waals surface area contributed by atoms with Crippen LogP contribution in [0.25, 0.3) is 11.4 Å². The Bertz CT molecular complexity index is 543. The number of hydrogen-bond donors (Lipinski definition) is 2. The van der Waals surface area contributed by atoms with E-state index in [1.54, 1.807) is 0 Å². The molecule has 0 bridgehead atoms. The van der Waals surface area contributed by atoms with Crippen LogP contribution in [0, 0.1) is 0 Å². The van der Waals surface area contributed by atoms with Crippen LogP contribution in [0.2, 0.25) is 0 Å². The van der Waals surface area contributed by atoms with E-state index in [1.165, 1.54) is 11.1 Å². The van der Waals surface area contributed by atoms with Crippen molar-refractivity contribution in [2.24, 2.45) is 0 Å². The molecular formula is C23H34N2. The monoisotopic (exact) mass is 338 g/mol. The molecule has 0 heterocycles. The lowest BCUT2D eigenvalue weighted by Crippen LogP contribution is -2.26. The Morgan fingerprint density at radius 3 is 1.24 bits per heavy atom. The standard InChI is InChI=1S/C19H22N2.2C2H6/c1-3-18(16-11-7-5-8-12-16)20-15-21-19(4-2)17-13-9-6-10-14-17;2*1-2/h3-14,20-21H,15H2,1-2H3;2*1-2H3/b18-3+,19-4+;;. The molecule has 0 aliphatic heterocycles. The topological polar surface area (TPSA) is 24.1 Å². The van der Waals surface area contributed by atoms with Gasteiger partial charge in [-0.1, -0.05) is 101 Å². The molecule has 0 saturated carbocycles. The maximum Gasteiger partial charge on any atom is 0.0849 e. The SMILES string of the molecule is C/C=C(/NCN/C(=C/C)c1ccccc1)c1ccccc1.CC.CC. The van der Waals surface area contributed by atoms with E-state index >= 15 is 0 Å². The molecule has 0 fully saturated rings. The van der Waals surface area contributed by atoms with Crippen LogP contribution in [0.1, 0.15) is 52.7 Å². The number of benzene rings is 2. The Kier molecular flexibility index (Phi) is 13.6. The number of hydrogen-bond acceptors (Lipinski definition) is 2. The summed E-state index contributed by atoms with van der Waals surface area (Å²) in [6.07, 6.45) is 4.18. The van der Waals surface area contributed by atoms with Crippen LogP contribution in [0.3, 0.4) is 0 Å². The minimum Gasteiger partial charge on any atom is -0.368 e. The highest BCUT2D eigenvalue weighted by molar-refractivity contribution is 5.65. The fourth-order valence-electron chi connectivity index (χ4n) is 2.21. The first-order valence-corrected chi connectivity index (χ1v) is 9.26. The Morgan fingerprint density at radius 2 is 0.960 bits per heavy atom. The first kappa shape index (κ1) is 22.5. The van der Waals surface area contributed by atoms with Gasteiger partial charge in [0.1, 0.15) is 0 Å². The number of nitrogens with one attached hydrogen (secondary N) is 2. The van der Waals surface area contributed by atoms with E-state index in [-0.39, 0.29) is 0 Å². The molecule has 2 rings (SSSR count). The molecule has 0 aliphatic rings. The van der Waals surface area contributed by atoms with Gasteiger partial charge in [0.25, 0.3) is 0 Å². The highest BCUT2D eigenvalue weighted by atomic mass is 15.1. The fourth-order valence-corrected chi connectivity index (χ4v) is 2.21. The normalized spacial score (nSPS) is 10.6. The van der Waals surface area contributed by atoms with Crippen LogP contribution in [0.15, 0.2) is 72.8 Å². The Balaban J connectivity index is 0.00000134. The van der Waals surface area contributed by atoms with Gasteiger partial charge in [-0.2, -0.15) is 0 Å². The fraction of sp³-hybridized carbons (Fsp3) is 0.304. The van der Waals surface area contributed by atoms with E-state index in [2.05, 4.69) is 71.3 Å². The third kappa shape index (κ3) is 8.25. The Morgan fingerprint density at radius 1 is 0.640 bits per heavy atom. The Hall–Kier alpha value is -2.48. The second-order valence-electron chi connectivity index (χ2n) is 4.67. The predicted molar refractivity (Wildman–Crippen MR) is 114 cm³/mol. The lowest BCUT2D eigenvalue weighted by Gasteiger charge is -2.15. The van der Waals surface area contributed by atoms with Gasteiger partial charge < -0.3 is 10.6 Å². The highest BCUT2D eigenvalue weighted by Crippen LogP contribution is 2.12. The molecule has 136 valence electrons. The first-order chi connectivity index (χ1) is 12.3. The van der Waals surface area contributed by atoms with Crippen molar-refractivity contribution in [2.45, 2.75) is 41.5 Å². The molecule has 0 amide bonds. The van der Waals surface area contributed by atoms with Crippen molar-refractivity contribution >= 4 is 11.4 Å². The van der Waals surface area contributed by atoms with Crippen molar-refractivity contribution in [2.75, 3.05) is 6.67 Å². The molecule has 0 saturated heterocycles. The smallest absolute Gasteiger partial charge is 0.0849 e. The van der Waals surface area contributed by atoms with E-state index in [0.717, 1.165) is 11.4 Å². The summed E-state index contributed by atoms with van der Waals surface area (Å²) in [5.41, 5.74) is 4.66. The van der Waals surface area contributed by atoms with E-state index in [0.29, 0.717) is 6.67 Å². The molecule has 0 radical (unpaired) electrons. The summed E-state index contributed by atoms with van der Waals surface area (Å²) in [6.45, 7) is 12.8. The van der Waals surface area contributed by atoms with Crippen LogP contribution in [0.4, 0.5) is 0 Å². The van der Waals surface area contributed by atoms with Crippen LogP contribution >= 0.6 is 0 Å². The minimum absolute atomic E-state index is 0.684. The molecule has 25 heavy (non-hydrogen) atoms. The van der Waals surface area contributed by atoms with Crippen molar-refractivity contribution in [1.82, 2.24) is 10.6 Å². The van der Waals surface area contributed by atoms with Gasteiger partial charge >= 0.3 is 0 Å². The summed E-state index contributed by atoms with van der Waals surface area (Å²) >= 11 is 0. The molecular weight excluding hydrogens is 304 g/mol. The largest absolute Gasteiger partial charge is 0.368 e. The molecule has 0 atom stereocenters. The van der Waals surface area contributed by atoms with Gasteiger partial charge in [-0.3, -0.25) is 0 Å². The summed E-state index contributed by atoms with van der Waals surface area (Å²) in [7, 11) is 0. The zero-order valence-corrected chi connectivity index (χ0v) is 16.6. The average Bonchev–Trinajstić information content (AvgIpc) is 2.72. The summed E-state index contributed by atoms with van der Waals surface area (Å²) in [5.74, 6) is 0. The van der Waals surface area contributed by atoms with Crippen molar-refractivity contribution < 1.29 is 0 Å². The molecule has 2 nitrogen and oxygen atoms in total. The first-order valence-electron chi connectivity index (χ1n) is 9.26. The van der Waals surface area contributed by atoms with Crippen molar-refractivity contribution in [3.8, 4) is 0 Å². The van der Waals surface area contributed by atoms with Gasteiger partial charge in [0.05, 0.1) is 6.67 Å². The van der Waals surface area contributed by atoms with Crippen molar-refractivity contribution in [3.63, 3.8) is 0 Å². The third-order valence-corrected chi connectivity index (χ3v) is 3.30. The lowest BCUT2D eigenvalue weighted by molar-refractivity contribution is 0.796. The van der Waals surface area contributed by atoms with Gasteiger partial charge in [-0.15, -0.1) is 0 Å². The summed E-state index contributed by atoms with van der Waals surface area (Å²) < 4.78 is 0. The second kappa shape index (κ2) is 15.1. The molecule has 2 heteroatoms. The third-order valence-electron chi connectivity index (χ3n) is 3.30.